The zero-order valence-corrected chi connectivity index (χ0v) is 9.33. The first-order valence-corrected chi connectivity index (χ1v) is 5.06. The third-order valence-corrected chi connectivity index (χ3v) is 2.18. The molecule has 0 aliphatic rings. The van der Waals surface area contributed by atoms with E-state index in [1.807, 2.05) is 0 Å². The van der Waals surface area contributed by atoms with Crippen LogP contribution >= 0.6 is 0 Å². The average Bonchev–Trinajstić information content (AvgIpc) is 2.35. The fraction of sp³-hybridized carbons (Fsp3) is 0.273. The molecule has 0 amide bonds. The fourth-order valence-corrected chi connectivity index (χ4v) is 1.23. The van der Waals surface area contributed by atoms with Gasteiger partial charge in [-0.1, -0.05) is 12.1 Å². The Balaban J connectivity index is 2.78. The number of nitrogens with zero attached hydrogens (tertiary/aromatic N) is 1. The average molecular weight is 238 g/mol. The Hall–Kier alpha value is -2.24. The van der Waals surface area contributed by atoms with Gasteiger partial charge in [-0.25, -0.2) is 4.79 Å². The monoisotopic (exact) mass is 238 g/mol. The summed E-state index contributed by atoms with van der Waals surface area (Å²) in [6.07, 6.45) is -0.498. The molecule has 0 bridgehead atoms. The third kappa shape index (κ3) is 3.37. The molecule has 0 radical (unpaired) electrons. The zero-order valence-electron chi connectivity index (χ0n) is 9.33. The predicted octanol–water partition coefficient (Wildman–Crippen LogP) is 1.02. The molecular weight excluding hydrogens is 224 g/mol. The third-order valence-electron chi connectivity index (χ3n) is 2.18. The minimum absolute atomic E-state index is 0.0122. The van der Waals surface area contributed by atoms with E-state index in [1.54, 1.807) is 31.2 Å². The van der Waals surface area contributed by atoms with Crippen molar-refractivity contribution in [2.45, 2.75) is 19.4 Å². The Labute approximate surface area is 98.3 Å². The van der Waals surface area contributed by atoms with Crippen molar-refractivity contribution < 1.29 is 19.8 Å². The van der Waals surface area contributed by atoms with Gasteiger partial charge >= 0.3 is 5.97 Å². The van der Waals surface area contributed by atoms with E-state index in [4.69, 9.17) is 20.8 Å². The second-order valence-corrected chi connectivity index (χ2v) is 3.36. The first-order valence-electron chi connectivity index (χ1n) is 5.06. The van der Waals surface area contributed by atoms with Gasteiger partial charge in [-0.15, -0.1) is 0 Å². The van der Waals surface area contributed by atoms with Crippen LogP contribution in [0.3, 0.4) is 0 Å². The molecule has 0 aromatic heterocycles. The maximum atomic E-state index is 10.8. The minimum Gasteiger partial charge on any atom is -0.479 e. The van der Waals surface area contributed by atoms with E-state index in [0.29, 0.717) is 17.7 Å². The number of carboxylic acid groups (broad SMARTS) is 1. The Bertz CT molecular complexity index is 414. The molecule has 6 nitrogen and oxygen atoms in total. The van der Waals surface area contributed by atoms with Crippen molar-refractivity contribution in [1.29, 1.82) is 0 Å². The quantitative estimate of drug-likeness (QED) is 0.307. The maximum absolute atomic E-state index is 10.8. The second-order valence-electron chi connectivity index (χ2n) is 3.36. The van der Waals surface area contributed by atoms with Gasteiger partial charge in [0.2, 0.25) is 0 Å². The lowest BCUT2D eigenvalue weighted by Crippen LogP contribution is -2.25. The highest BCUT2D eigenvalue weighted by atomic mass is 16.5. The van der Waals surface area contributed by atoms with E-state index in [0.717, 1.165) is 0 Å². The van der Waals surface area contributed by atoms with Crippen LogP contribution in [0, 0.1) is 0 Å². The number of hydrogen-bond donors (Lipinski definition) is 3. The summed E-state index contributed by atoms with van der Waals surface area (Å²) in [7, 11) is 0. The van der Waals surface area contributed by atoms with Crippen molar-refractivity contribution in [3.8, 4) is 5.75 Å². The van der Waals surface area contributed by atoms with Crippen LogP contribution in [0.25, 0.3) is 0 Å². The standard InChI is InChI=1S/C11H14N2O4/c1-2-9(11(14)15)17-8-5-3-7(4-6-8)10(12)13-16/h3-6,9,16H,2H2,1H3,(H2,12,13)(H,14,15). The SMILES string of the molecule is CCC(Oc1ccc(/C(N)=N\O)cc1)C(=O)O. The number of oxime groups is 1. The summed E-state index contributed by atoms with van der Waals surface area (Å²) >= 11 is 0. The van der Waals surface area contributed by atoms with Crippen molar-refractivity contribution >= 4 is 11.8 Å². The van der Waals surface area contributed by atoms with Gasteiger partial charge < -0.3 is 20.8 Å². The van der Waals surface area contributed by atoms with E-state index in [-0.39, 0.29) is 5.84 Å². The van der Waals surface area contributed by atoms with Crippen molar-refractivity contribution in [3.63, 3.8) is 0 Å². The summed E-state index contributed by atoms with van der Waals surface area (Å²) in [4.78, 5) is 10.8. The molecule has 92 valence electrons. The molecule has 0 fully saturated rings. The van der Waals surface area contributed by atoms with Crippen LogP contribution in [-0.2, 0) is 4.79 Å². The lowest BCUT2D eigenvalue weighted by Gasteiger charge is -2.13. The molecular formula is C11H14N2O4. The number of hydrogen-bond acceptors (Lipinski definition) is 4. The number of ether oxygens (including phenoxy) is 1. The van der Waals surface area contributed by atoms with Gasteiger partial charge in [0, 0.05) is 5.56 Å². The van der Waals surface area contributed by atoms with Gasteiger partial charge in [-0.05, 0) is 30.7 Å². The van der Waals surface area contributed by atoms with Gasteiger partial charge in [0.1, 0.15) is 5.75 Å². The molecule has 1 unspecified atom stereocenters. The van der Waals surface area contributed by atoms with Gasteiger partial charge in [-0.3, -0.25) is 0 Å². The second kappa shape index (κ2) is 5.74. The summed E-state index contributed by atoms with van der Waals surface area (Å²) in [5.74, 6) is -0.594. The fourth-order valence-electron chi connectivity index (χ4n) is 1.23. The van der Waals surface area contributed by atoms with E-state index in [2.05, 4.69) is 5.16 Å². The Morgan fingerprint density at radius 1 is 1.47 bits per heavy atom. The van der Waals surface area contributed by atoms with Crippen molar-refractivity contribution in [1.82, 2.24) is 0 Å². The van der Waals surface area contributed by atoms with E-state index in [1.165, 1.54) is 0 Å². The number of amidine groups is 1. The number of benzene rings is 1. The molecule has 1 aromatic rings. The Morgan fingerprint density at radius 2 is 2.06 bits per heavy atom. The number of carboxylic acids is 1. The van der Waals surface area contributed by atoms with Crippen LogP contribution < -0.4 is 10.5 Å². The summed E-state index contributed by atoms with van der Waals surface area (Å²) in [5, 5.41) is 20.1. The first-order chi connectivity index (χ1) is 8.08. The van der Waals surface area contributed by atoms with E-state index >= 15 is 0 Å². The molecule has 0 saturated heterocycles. The van der Waals surface area contributed by atoms with Gasteiger partial charge in [0.05, 0.1) is 0 Å². The van der Waals surface area contributed by atoms with Crippen molar-refractivity contribution in [2.24, 2.45) is 10.9 Å². The molecule has 4 N–H and O–H groups in total. The molecule has 0 aliphatic carbocycles. The van der Waals surface area contributed by atoms with E-state index in [9.17, 15) is 4.79 Å². The van der Waals surface area contributed by atoms with Crippen molar-refractivity contribution in [3.05, 3.63) is 29.8 Å². The van der Waals surface area contributed by atoms with Gasteiger partial charge in [-0.2, -0.15) is 0 Å². The van der Waals surface area contributed by atoms with Crippen LogP contribution in [0.4, 0.5) is 0 Å². The molecule has 6 heteroatoms. The summed E-state index contributed by atoms with van der Waals surface area (Å²) < 4.78 is 5.25. The first kappa shape index (κ1) is 12.8. The topological polar surface area (TPSA) is 105 Å². The van der Waals surface area contributed by atoms with E-state index < -0.39 is 12.1 Å². The Morgan fingerprint density at radius 3 is 2.47 bits per heavy atom. The minimum atomic E-state index is -1.01. The van der Waals surface area contributed by atoms with Gasteiger partial charge in [0.25, 0.3) is 0 Å². The van der Waals surface area contributed by atoms with Gasteiger partial charge in [0.15, 0.2) is 11.9 Å². The molecule has 0 aliphatic heterocycles. The molecule has 1 aromatic carbocycles. The maximum Gasteiger partial charge on any atom is 0.344 e. The molecule has 0 saturated carbocycles. The zero-order chi connectivity index (χ0) is 12.8. The summed E-state index contributed by atoms with van der Waals surface area (Å²) in [6, 6.07) is 6.30. The highest BCUT2D eigenvalue weighted by Gasteiger charge is 2.16. The number of aliphatic carboxylic acids is 1. The lowest BCUT2D eigenvalue weighted by atomic mass is 10.2. The smallest absolute Gasteiger partial charge is 0.344 e. The van der Waals surface area contributed by atoms with Crippen LogP contribution in [-0.4, -0.2) is 28.2 Å². The number of rotatable bonds is 5. The highest BCUT2D eigenvalue weighted by Crippen LogP contribution is 2.15. The number of carbonyl (C=O) groups is 1. The molecule has 1 rings (SSSR count). The number of nitrogens with two attached hydrogens (primary N) is 1. The molecule has 1 atom stereocenters. The highest BCUT2D eigenvalue weighted by molar-refractivity contribution is 5.97. The van der Waals surface area contributed by atoms with Crippen LogP contribution in [0.15, 0.2) is 29.4 Å². The van der Waals surface area contributed by atoms with Crippen LogP contribution in [0.1, 0.15) is 18.9 Å². The van der Waals surface area contributed by atoms with Crippen LogP contribution in [0.5, 0.6) is 5.75 Å². The summed E-state index contributed by atoms with van der Waals surface area (Å²) in [5.41, 5.74) is 5.92. The largest absolute Gasteiger partial charge is 0.479 e. The molecule has 0 spiro atoms. The normalized spacial score (nSPS) is 13.1. The van der Waals surface area contributed by atoms with Crippen molar-refractivity contribution in [2.75, 3.05) is 0 Å². The summed E-state index contributed by atoms with van der Waals surface area (Å²) in [6.45, 7) is 1.73. The molecule has 17 heavy (non-hydrogen) atoms. The molecule has 0 heterocycles. The predicted molar refractivity (Wildman–Crippen MR) is 61.3 cm³/mol. The lowest BCUT2D eigenvalue weighted by molar-refractivity contribution is -0.145. The Kier molecular flexibility index (Phi) is 4.33. The van der Waals surface area contributed by atoms with Crippen LogP contribution in [0.2, 0.25) is 0 Å².